The van der Waals surface area contributed by atoms with Gasteiger partial charge in [0.05, 0.1) is 24.8 Å². The van der Waals surface area contributed by atoms with Gasteiger partial charge in [-0.1, -0.05) is 12.1 Å². The molecular formula is C19H18N2O5. The van der Waals surface area contributed by atoms with Gasteiger partial charge in [0, 0.05) is 12.1 Å². The van der Waals surface area contributed by atoms with Crippen molar-refractivity contribution in [3.05, 3.63) is 65.2 Å². The number of methoxy groups -OCH3 is 1. The van der Waals surface area contributed by atoms with Gasteiger partial charge in [-0.15, -0.1) is 0 Å². The van der Waals surface area contributed by atoms with Gasteiger partial charge in [-0.2, -0.15) is 5.26 Å². The molecule has 1 atom stereocenters. The molecule has 2 N–H and O–H groups in total. The van der Waals surface area contributed by atoms with E-state index < -0.39 is 12.1 Å². The van der Waals surface area contributed by atoms with E-state index in [2.05, 4.69) is 10.1 Å². The monoisotopic (exact) mass is 354 g/mol. The van der Waals surface area contributed by atoms with Gasteiger partial charge in [-0.05, 0) is 42.0 Å². The number of esters is 1. The van der Waals surface area contributed by atoms with E-state index in [1.807, 2.05) is 6.07 Å². The largest absolute Gasteiger partial charge is 0.482 e. The molecule has 1 amide bonds. The molecule has 0 aliphatic carbocycles. The Balaban J connectivity index is 1.86. The first-order valence-corrected chi connectivity index (χ1v) is 7.79. The highest BCUT2D eigenvalue weighted by Crippen LogP contribution is 2.17. The van der Waals surface area contributed by atoms with E-state index in [1.54, 1.807) is 48.5 Å². The molecule has 0 aliphatic rings. The third-order valence-electron chi connectivity index (χ3n) is 3.58. The number of aliphatic hydroxyl groups excluding tert-OH is 1. The lowest BCUT2D eigenvalue weighted by Crippen LogP contribution is -2.28. The molecule has 0 radical (unpaired) electrons. The number of rotatable bonds is 7. The minimum atomic E-state index is -0.896. The predicted molar refractivity (Wildman–Crippen MR) is 92.4 cm³/mol. The van der Waals surface area contributed by atoms with Gasteiger partial charge in [-0.3, -0.25) is 4.79 Å². The van der Waals surface area contributed by atoms with Gasteiger partial charge >= 0.3 is 5.97 Å². The number of hydrogen-bond donors (Lipinski definition) is 2. The first-order valence-electron chi connectivity index (χ1n) is 7.79. The van der Waals surface area contributed by atoms with E-state index in [0.29, 0.717) is 22.4 Å². The second-order valence-corrected chi connectivity index (χ2v) is 5.35. The molecule has 0 saturated heterocycles. The molecule has 0 saturated carbocycles. The number of nitriles is 1. The Hall–Kier alpha value is -3.37. The van der Waals surface area contributed by atoms with Crippen molar-refractivity contribution < 1.29 is 24.2 Å². The molecule has 0 aliphatic heterocycles. The maximum atomic E-state index is 12.0. The van der Waals surface area contributed by atoms with Crippen LogP contribution in [0.5, 0.6) is 5.75 Å². The van der Waals surface area contributed by atoms with Gasteiger partial charge in [0.15, 0.2) is 6.61 Å². The number of ether oxygens (including phenoxy) is 2. The third kappa shape index (κ3) is 5.33. The highest BCUT2D eigenvalue weighted by atomic mass is 16.6. The number of nitrogens with one attached hydrogen (secondary N) is 1. The summed E-state index contributed by atoms with van der Waals surface area (Å²) >= 11 is 0. The molecule has 0 fully saturated rings. The van der Waals surface area contributed by atoms with Crippen molar-refractivity contribution in [2.24, 2.45) is 0 Å². The normalized spacial score (nSPS) is 11.1. The average molecular weight is 354 g/mol. The van der Waals surface area contributed by atoms with Gasteiger partial charge < -0.3 is 19.9 Å². The quantitative estimate of drug-likeness (QED) is 0.731. The fourth-order valence-electron chi connectivity index (χ4n) is 2.09. The summed E-state index contributed by atoms with van der Waals surface area (Å²) < 4.78 is 9.70. The molecule has 7 heteroatoms. The Labute approximate surface area is 150 Å². The molecule has 2 aromatic carbocycles. The van der Waals surface area contributed by atoms with Crippen LogP contribution < -0.4 is 10.1 Å². The number of benzene rings is 2. The summed E-state index contributed by atoms with van der Waals surface area (Å²) in [5.41, 5.74) is 1.47. The zero-order valence-electron chi connectivity index (χ0n) is 14.1. The van der Waals surface area contributed by atoms with Crippen molar-refractivity contribution in [1.82, 2.24) is 5.32 Å². The molecule has 0 heterocycles. The van der Waals surface area contributed by atoms with Crippen LogP contribution in [0.2, 0.25) is 0 Å². The van der Waals surface area contributed by atoms with Gasteiger partial charge in [0.1, 0.15) is 5.75 Å². The zero-order valence-corrected chi connectivity index (χ0v) is 14.1. The molecule has 7 nitrogen and oxygen atoms in total. The first kappa shape index (κ1) is 19.0. The molecule has 2 aromatic rings. The molecule has 0 bridgehead atoms. The minimum absolute atomic E-state index is 0.0290. The number of nitrogens with zero attached hydrogens (tertiary/aromatic N) is 1. The molecular weight excluding hydrogens is 336 g/mol. The van der Waals surface area contributed by atoms with E-state index in [1.165, 1.54) is 7.11 Å². The van der Waals surface area contributed by atoms with Crippen LogP contribution in [-0.4, -0.2) is 37.2 Å². The Morgan fingerprint density at radius 3 is 2.38 bits per heavy atom. The Morgan fingerprint density at radius 1 is 1.15 bits per heavy atom. The highest BCUT2D eigenvalue weighted by molar-refractivity contribution is 5.94. The van der Waals surface area contributed by atoms with Crippen LogP contribution in [0.1, 0.15) is 27.6 Å². The lowest BCUT2D eigenvalue weighted by molar-refractivity contribution is -0.142. The molecule has 2 rings (SSSR count). The van der Waals surface area contributed by atoms with Crippen molar-refractivity contribution in [2.75, 3.05) is 20.3 Å². The van der Waals surface area contributed by atoms with Crippen molar-refractivity contribution in [3.8, 4) is 11.8 Å². The summed E-state index contributed by atoms with van der Waals surface area (Å²) in [5.74, 6) is -0.362. The fraction of sp³-hybridized carbons (Fsp3) is 0.211. The molecule has 134 valence electrons. The van der Waals surface area contributed by atoms with Crippen molar-refractivity contribution in [3.63, 3.8) is 0 Å². The lowest BCUT2D eigenvalue weighted by atomic mass is 10.1. The number of carbonyl (C=O) groups excluding carboxylic acids is 2. The van der Waals surface area contributed by atoms with Crippen molar-refractivity contribution >= 4 is 11.9 Å². The Bertz CT molecular complexity index is 794. The number of carbonyl (C=O) groups is 2. The topological polar surface area (TPSA) is 109 Å². The third-order valence-corrected chi connectivity index (χ3v) is 3.58. The first-order chi connectivity index (χ1) is 12.5. The van der Waals surface area contributed by atoms with Crippen LogP contribution in [0.25, 0.3) is 0 Å². The minimum Gasteiger partial charge on any atom is -0.482 e. The van der Waals surface area contributed by atoms with Gasteiger partial charge in [-0.25, -0.2) is 4.79 Å². The molecule has 0 aromatic heterocycles. The second-order valence-electron chi connectivity index (χ2n) is 5.35. The Morgan fingerprint density at radius 2 is 1.81 bits per heavy atom. The second kappa shape index (κ2) is 9.20. The summed E-state index contributed by atoms with van der Waals surface area (Å²) in [6.45, 7) is -0.166. The van der Waals surface area contributed by atoms with Crippen LogP contribution in [0, 0.1) is 11.3 Å². The molecule has 26 heavy (non-hydrogen) atoms. The summed E-state index contributed by atoms with van der Waals surface area (Å²) in [7, 11) is 1.28. The van der Waals surface area contributed by atoms with Gasteiger partial charge in [0.25, 0.3) is 5.91 Å². The zero-order chi connectivity index (χ0) is 18.9. The molecule has 0 unspecified atom stereocenters. The maximum Gasteiger partial charge on any atom is 0.343 e. The predicted octanol–water partition coefficient (Wildman–Crippen LogP) is 1.57. The van der Waals surface area contributed by atoms with E-state index in [9.17, 15) is 14.7 Å². The summed E-state index contributed by atoms with van der Waals surface area (Å²) in [5, 5.41) is 21.6. The number of hydrogen-bond acceptors (Lipinski definition) is 6. The van der Waals surface area contributed by atoms with E-state index in [-0.39, 0.29) is 19.1 Å². The van der Waals surface area contributed by atoms with Gasteiger partial charge in [0.2, 0.25) is 0 Å². The summed E-state index contributed by atoms with van der Waals surface area (Å²) in [6.07, 6.45) is -0.896. The Kier molecular flexibility index (Phi) is 6.71. The van der Waals surface area contributed by atoms with Crippen LogP contribution in [0.3, 0.4) is 0 Å². The number of aliphatic hydroxyl groups is 1. The lowest BCUT2D eigenvalue weighted by Gasteiger charge is -2.13. The van der Waals surface area contributed by atoms with Crippen LogP contribution >= 0.6 is 0 Å². The van der Waals surface area contributed by atoms with Crippen LogP contribution in [0.15, 0.2) is 48.5 Å². The van der Waals surface area contributed by atoms with Crippen molar-refractivity contribution in [2.45, 2.75) is 6.10 Å². The van der Waals surface area contributed by atoms with Crippen LogP contribution in [0.4, 0.5) is 0 Å². The van der Waals surface area contributed by atoms with E-state index in [0.717, 1.165) is 0 Å². The van der Waals surface area contributed by atoms with Crippen LogP contribution in [-0.2, 0) is 9.53 Å². The average Bonchev–Trinajstić information content (AvgIpc) is 2.70. The maximum absolute atomic E-state index is 12.0. The smallest absolute Gasteiger partial charge is 0.343 e. The van der Waals surface area contributed by atoms with E-state index >= 15 is 0 Å². The number of amides is 1. The van der Waals surface area contributed by atoms with Crippen molar-refractivity contribution in [1.29, 1.82) is 5.26 Å². The summed E-state index contributed by atoms with van der Waals surface area (Å²) in [4.78, 5) is 23.1. The highest BCUT2D eigenvalue weighted by Gasteiger charge is 2.11. The standard InChI is InChI=1S/C19H18N2O5/c1-25-18(23)12-26-16-8-6-14(7-9-16)17(22)11-21-19(24)15-4-2-13(10-20)3-5-15/h2-9,17,22H,11-12H2,1H3,(H,21,24)/t17-/m1/s1. The SMILES string of the molecule is COC(=O)COc1ccc([C@H](O)CNC(=O)c2ccc(C#N)cc2)cc1. The fourth-order valence-corrected chi connectivity index (χ4v) is 2.09. The van der Waals surface area contributed by atoms with E-state index in [4.69, 9.17) is 10.00 Å². The molecule has 0 spiro atoms. The summed E-state index contributed by atoms with van der Waals surface area (Å²) in [6, 6.07) is 14.7.